The number of para-hydroxylation sites is 2. The molecule has 1 aliphatic heterocycles. The molecular formula is C22H26N4O4S. The lowest BCUT2D eigenvalue weighted by Gasteiger charge is -2.16. The predicted molar refractivity (Wildman–Crippen MR) is 118 cm³/mol. The molecule has 3 aromatic rings. The third kappa shape index (κ3) is 4.88. The monoisotopic (exact) mass is 442 g/mol. The summed E-state index contributed by atoms with van der Waals surface area (Å²) in [6.07, 6.45) is 2.09. The van der Waals surface area contributed by atoms with Crippen molar-refractivity contribution in [2.45, 2.75) is 25.9 Å². The Bertz CT molecular complexity index is 1220. The Hall–Kier alpha value is -2.91. The fourth-order valence-corrected chi connectivity index (χ4v) is 4.52. The number of amides is 1. The quantitative estimate of drug-likeness (QED) is 0.630. The minimum atomic E-state index is -3.30. The molecule has 1 aliphatic rings. The smallest absolute Gasteiger partial charge is 0.220 e. The van der Waals surface area contributed by atoms with Crippen LogP contribution in [0.15, 0.2) is 42.5 Å². The average molecular weight is 443 g/mol. The summed E-state index contributed by atoms with van der Waals surface area (Å²) in [6, 6.07) is 13.6. The van der Waals surface area contributed by atoms with Gasteiger partial charge in [-0.05, 0) is 30.2 Å². The third-order valence-electron chi connectivity index (χ3n) is 5.50. The fourth-order valence-electron chi connectivity index (χ4n) is 3.74. The highest BCUT2D eigenvalue weighted by molar-refractivity contribution is 7.88. The predicted octanol–water partition coefficient (Wildman–Crippen LogP) is 1.98. The van der Waals surface area contributed by atoms with E-state index < -0.39 is 10.0 Å². The molecule has 0 bridgehead atoms. The number of imidazole rings is 1. The van der Waals surface area contributed by atoms with E-state index in [0.717, 1.165) is 28.0 Å². The van der Waals surface area contributed by atoms with Crippen LogP contribution in [0, 0.1) is 0 Å². The van der Waals surface area contributed by atoms with E-state index in [-0.39, 0.29) is 12.5 Å². The molecule has 1 amide bonds. The van der Waals surface area contributed by atoms with Gasteiger partial charge in [-0.15, -0.1) is 0 Å². The molecule has 0 saturated heterocycles. The van der Waals surface area contributed by atoms with Crippen molar-refractivity contribution in [2.75, 3.05) is 19.4 Å². The minimum Gasteiger partial charge on any atom is -0.492 e. The van der Waals surface area contributed by atoms with Gasteiger partial charge in [0.15, 0.2) is 0 Å². The summed E-state index contributed by atoms with van der Waals surface area (Å²) in [6.45, 7) is 1.30. The maximum absolute atomic E-state index is 12.4. The molecule has 0 radical (unpaired) electrons. The lowest BCUT2D eigenvalue weighted by atomic mass is 10.1. The number of aromatic nitrogens is 2. The molecule has 0 saturated carbocycles. The van der Waals surface area contributed by atoms with Crippen LogP contribution in [0.3, 0.4) is 0 Å². The van der Waals surface area contributed by atoms with Crippen LogP contribution in [0.25, 0.3) is 11.0 Å². The van der Waals surface area contributed by atoms with Gasteiger partial charge in [-0.3, -0.25) is 4.79 Å². The number of ether oxygens (including phenoxy) is 1. The molecule has 2 aromatic carbocycles. The van der Waals surface area contributed by atoms with E-state index in [2.05, 4.69) is 10.3 Å². The van der Waals surface area contributed by atoms with Gasteiger partial charge < -0.3 is 14.6 Å². The fraction of sp³-hybridized carbons (Fsp3) is 0.364. The summed E-state index contributed by atoms with van der Waals surface area (Å²) >= 11 is 0. The van der Waals surface area contributed by atoms with Crippen LogP contribution in [-0.4, -0.2) is 47.6 Å². The number of sulfonamides is 1. The van der Waals surface area contributed by atoms with E-state index in [0.29, 0.717) is 38.3 Å². The van der Waals surface area contributed by atoms with E-state index in [1.807, 2.05) is 54.1 Å². The van der Waals surface area contributed by atoms with Gasteiger partial charge in [-0.1, -0.05) is 24.3 Å². The number of nitrogens with one attached hydrogen (secondary N) is 1. The first-order valence-corrected chi connectivity index (χ1v) is 12.0. The summed E-state index contributed by atoms with van der Waals surface area (Å²) in [7, 11) is -1.36. The van der Waals surface area contributed by atoms with Gasteiger partial charge in [0.05, 0.1) is 23.8 Å². The average Bonchev–Trinajstić information content (AvgIpc) is 2.91. The van der Waals surface area contributed by atoms with Crippen molar-refractivity contribution < 1.29 is 17.9 Å². The summed E-state index contributed by atoms with van der Waals surface area (Å²) in [5, 5.41) is 2.94. The van der Waals surface area contributed by atoms with E-state index in [4.69, 9.17) is 4.74 Å². The second kappa shape index (κ2) is 8.68. The first-order chi connectivity index (χ1) is 14.8. The molecule has 9 heteroatoms. The first kappa shape index (κ1) is 21.3. The minimum absolute atomic E-state index is 0.0592. The lowest BCUT2D eigenvalue weighted by Crippen LogP contribution is -2.31. The zero-order valence-electron chi connectivity index (χ0n) is 17.7. The number of carbonyl (C=O) groups is 1. The number of hydrogen-bond donors (Lipinski definition) is 1. The molecule has 164 valence electrons. The number of nitrogens with zero attached hydrogens (tertiary/aromatic N) is 3. The molecule has 0 atom stereocenters. The van der Waals surface area contributed by atoms with Crippen molar-refractivity contribution in [1.82, 2.24) is 19.2 Å². The van der Waals surface area contributed by atoms with Crippen LogP contribution in [-0.2, 0) is 41.4 Å². The molecule has 31 heavy (non-hydrogen) atoms. The number of benzene rings is 2. The van der Waals surface area contributed by atoms with Gasteiger partial charge in [0.2, 0.25) is 15.9 Å². The number of fused-ring (bicyclic) bond motifs is 2. The Morgan fingerprint density at radius 2 is 2.03 bits per heavy atom. The number of carbonyl (C=O) groups excluding carboxylic acids is 1. The highest BCUT2D eigenvalue weighted by Gasteiger charge is 2.22. The zero-order chi connectivity index (χ0) is 22.0. The topological polar surface area (TPSA) is 93.5 Å². The van der Waals surface area contributed by atoms with Crippen LogP contribution in [0.1, 0.15) is 23.4 Å². The first-order valence-electron chi connectivity index (χ1n) is 10.2. The molecule has 0 aliphatic carbocycles. The van der Waals surface area contributed by atoms with Gasteiger partial charge in [-0.2, -0.15) is 4.31 Å². The number of aryl methyl sites for hydroxylation is 2. The van der Waals surface area contributed by atoms with Gasteiger partial charge in [-0.25, -0.2) is 13.4 Å². The molecule has 2 heterocycles. The Kier molecular flexibility index (Phi) is 5.97. The second-order valence-corrected chi connectivity index (χ2v) is 9.72. The van der Waals surface area contributed by atoms with Gasteiger partial charge in [0, 0.05) is 32.1 Å². The molecule has 4 rings (SSSR count). The molecule has 1 N–H and O–H groups in total. The van der Waals surface area contributed by atoms with E-state index in [1.54, 1.807) is 0 Å². The molecule has 8 nitrogen and oxygen atoms in total. The highest BCUT2D eigenvalue weighted by atomic mass is 32.2. The Morgan fingerprint density at radius 3 is 2.81 bits per heavy atom. The summed E-state index contributed by atoms with van der Waals surface area (Å²) in [5.74, 6) is 1.44. The standard InChI is InChI=1S/C22H26N4O4S/c1-25-19-6-4-3-5-18(19)24-21(25)14-23-22(27)10-8-16-7-9-20-17(13-16)15-26(11-12-30-20)31(2,28)29/h3-7,9,13H,8,10-12,14-15H2,1-2H3,(H,23,27). The van der Waals surface area contributed by atoms with Crippen LogP contribution in [0.4, 0.5) is 0 Å². The van der Waals surface area contributed by atoms with Crippen LogP contribution < -0.4 is 10.1 Å². The lowest BCUT2D eigenvalue weighted by molar-refractivity contribution is -0.121. The molecule has 0 unspecified atom stereocenters. The summed E-state index contributed by atoms with van der Waals surface area (Å²) in [4.78, 5) is 17.0. The largest absolute Gasteiger partial charge is 0.492 e. The molecule has 0 fully saturated rings. The Morgan fingerprint density at radius 1 is 1.23 bits per heavy atom. The van der Waals surface area contributed by atoms with Gasteiger partial charge in [0.1, 0.15) is 18.2 Å². The van der Waals surface area contributed by atoms with E-state index >= 15 is 0 Å². The Labute approximate surface area is 181 Å². The van der Waals surface area contributed by atoms with E-state index in [1.165, 1.54) is 10.6 Å². The maximum Gasteiger partial charge on any atom is 0.220 e. The van der Waals surface area contributed by atoms with E-state index in [9.17, 15) is 13.2 Å². The van der Waals surface area contributed by atoms with Crippen molar-refractivity contribution in [1.29, 1.82) is 0 Å². The second-order valence-electron chi connectivity index (χ2n) is 7.74. The normalized spacial score (nSPS) is 14.6. The van der Waals surface area contributed by atoms with Crippen molar-refractivity contribution in [2.24, 2.45) is 7.05 Å². The summed E-state index contributed by atoms with van der Waals surface area (Å²) in [5.41, 5.74) is 3.72. The van der Waals surface area contributed by atoms with Gasteiger partial charge in [0.25, 0.3) is 0 Å². The number of rotatable bonds is 6. The highest BCUT2D eigenvalue weighted by Crippen LogP contribution is 2.26. The van der Waals surface area contributed by atoms with Crippen molar-refractivity contribution in [3.8, 4) is 5.75 Å². The molecular weight excluding hydrogens is 416 g/mol. The zero-order valence-corrected chi connectivity index (χ0v) is 18.5. The maximum atomic E-state index is 12.4. The Balaban J connectivity index is 1.36. The molecule has 0 spiro atoms. The van der Waals surface area contributed by atoms with Crippen LogP contribution in [0.2, 0.25) is 0 Å². The van der Waals surface area contributed by atoms with Crippen molar-refractivity contribution in [3.05, 3.63) is 59.4 Å². The van der Waals surface area contributed by atoms with Crippen LogP contribution >= 0.6 is 0 Å². The number of hydrogen-bond acceptors (Lipinski definition) is 5. The van der Waals surface area contributed by atoms with Gasteiger partial charge >= 0.3 is 0 Å². The summed E-state index contributed by atoms with van der Waals surface area (Å²) < 4.78 is 32.9. The van der Waals surface area contributed by atoms with Crippen molar-refractivity contribution in [3.63, 3.8) is 0 Å². The van der Waals surface area contributed by atoms with Crippen molar-refractivity contribution >= 4 is 27.0 Å². The molecule has 1 aromatic heterocycles. The third-order valence-corrected chi connectivity index (χ3v) is 6.75. The van der Waals surface area contributed by atoms with Crippen LogP contribution in [0.5, 0.6) is 5.75 Å². The SMILES string of the molecule is Cn1c(CNC(=O)CCc2ccc3c(c2)CN(S(C)(=O)=O)CCO3)nc2ccccc21.